The number of rotatable bonds is 5. The lowest BCUT2D eigenvalue weighted by molar-refractivity contribution is -0.137. The number of benzene rings is 1. The van der Waals surface area contributed by atoms with Crippen LogP contribution < -0.4 is 11.1 Å². The predicted molar refractivity (Wildman–Crippen MR) is 98.1 cm³/mol. The van der Waals surface area contributed by atoms with Crippen LogP contribution in [0.1, 0.15) is 16.8 Å². The molecule has 0 aliphatic carbocycles. The van der Waals surface area contributed by atoms with Crippen molar-refractivity contribution in [3.63, 3.8) is 0 Å². The highest BCUT2D eigenvalue weighted by Gasteiger charge is 2.29. The second kappa shape index (κ2) is 9.45. The second-order valence-corrected chi connectivity index (χ2v) is 4.89. The Morgan fingerprint density at radius 2 is 1.83 bits per heavy atom. The zero-order chi connectivity index (χ0) is 16.7. The summed E-state index contributed by atoms with van der Waals surface area (Å²) in [6.45, 7) is 0.805. The van der Waals surface area contributed by atoms with E-state index in [0.717, 1.165) is 17.8 Å². The molecule has 0 unspecified atom stereocenters. The molecule has 130 valence electrons. The van der Waals surface area contributed by atoms with Crippen molar-refractivity contribution in [1.29, 1.82) is 0 Å². The molecule has 0 fully saturated rings. The molecule has 0 saturated carbocycles. The molecule has 2 aromatic rings. The van der Waals surface area contributed by atoms with Gasteiger partial charge >= 0.3 is 6.18 Å². The molecule has 24 heavy (non-hydrogen) atoms. The summed E-state index contributed by atoms with van der Waals surface area (Å²) in [4.78, 5) is 8.28. The van der Waals surface area contributed by atoms with Crippen molar-refractivity contribution >= 4 is 29.9 Å². The Labute approximate surface area is 155 Å². The molecule has 0 atom stereocenters. The number of hydrogen-bond acceptors (Lipinski definition) is 2. The summed E-state index contributed by atoms with van der Waals surface area (Å²) in [7, 11) is 0. The predicted octanol–water partition coefficient (Wildman–Crippen LogP) is 3.37. The van der Waals surface area contributed by atoms with E-state index in [0.29, 0.717) is 18.5 Å². The Balaban J connectivity index is 0.00000288. The molecule has 2 rings (SSSR count). The van der Waals surface area contributed by atoms with Gasteiger partial charge in [0.2, 0.25) is 0 Å². The summed E-state index contributed by atoms with van der Waals surface area (Å²) in [5.74, 6) is 0.251. The van der Waals surface area contributed by atoms with Crippen LogP contribution in [0.25, 0.3) is 0 Å². The minimum absolute atomic E-state index is 0. The molecule has 3 N–H and O–H groups in total. The van der Waals surface area contributed by atoms with E-state index in [9.17, 15) is 13.2 Å². The lowest BCUT2D eigenvalue weighted by Crippen LogP contribution is -2.33. The third-order valence-corrected chi connectivity index (χ3v) is 3.13. The van der Waals surface area contributed by atoms with Gasteiger partial charge in [-0.05, 0) is 29.8 Å². The summed E-state index contributed by atoms with van der Waals surface area (Å²) >= 11 is 0. The van der Waals surface area contributed by atoms with Gasteiger partial charge in [0.05, 0.1) is 12.1 Å². The van der Waals surface area contributed by atoms with E-state index in [1.165, 1.54) is 12.1 Å². The average molecular weight is 450 g/mol. The maximum absolute atomic E-state index is 12.5. The normalized spacial score (nSPS) is 11.7. The quantitative estimate of drug-likeness (QED) is 0.417. The van der Waals surface area contributed by atoms with Gasteiger partial charge in [0.25, 0.3) is 0 Å². The van der Waals surface area contributed by atoms with E-state index >= 15 is 0 Å². The number of pyridine rings is 1. The monoisotopic (exact) mass is 450 g/mol. The highest BCUT2D eigenvalue weighted by atomic mass is 127. The Bertz CT molecular complexity index is 643. The van der Waals surface area contributed by atoms with Crippen molar-refractivity contribution < 1.29 is 13.2 Å². The Hall–Kier alpha value is -1.84. The fraction of sp³-hybridized carbons (Fsp3) is 0.250. The van der Waals surface area contributed by atoms with Crippen LogP contribution in [0.15, 0.2) is 53.7 Å². The first-order valence-corrected chi connectivity index (χ1v) is 7.05. The van der Waals surface area contributed by atoms with Crippen LogP contribution in [0.5, 0.6) is 0 Å². The standard InChI is InChI=1S/C16H17F3N4.HI/c17-16(18,19)13-6-4-12(5-7-13)11-23-15(20)22-10-8-14-3-1-2-9-21-14;/h1-7,9H,8,10-11H2,(H3,20,22,23);1H. The van der Waals surface area contributed by atoms with E-state index in [1.54, 1.807) is 6.20 Å². The number of alkyl halides is 3. The number of hydrogen-bond donors (Lipinski definition) is 2. The zero-order valence-electron chi connectivity index (χ0n) is 12.8. The second-order valence-electron chi connectivity index (χ2n) is 4.89. The minimum atomic E-state index is -4.33. The molecule has 0 aliphatic heterocycles. The number of guanidine groups is 1. The van der Waals surface area contributed by atoms with E-state index in [1.807, 2.05) is 18.2 Å². The third kappa shape index (κ3) is 6.73. The fourth-order valence-corrected chi connectivity index (χ4v) is 1.90. The number of nitrogens with one attached hydrogen (secondary N) is 1. The fourth-order valence-electron chi connectivity index (χ4n) is 1.90. The van der Waals surface area contributed by atoms with Crippen LogP contribution in [-0.4, -0.2) is 17.5 Å². The summed E-state index contributed by atoms with van der Waals surface area (Å²) in [6.07, 6.45) is -1.90. The molecule has 8 heteroatoms. The van der Waals surface area contributed by atoms with Gasteiger partial charge in [-0.25, -0.2) is 4.99 Å². The first-order valence-electron chi connectivity index (χ1n) is 7.05. The van der Waals surface area contributed by atoms with E-state index in [-0.39, 0.29) is 36.5 Å². The zero-order valence-corrected chi connectivity index (χ0v) is 15.1. The van der Waals surface area contributed by atoms with Crippen LogP contribution in [0.2, 0.25) is 0 Å². The molecule has 0 spiro atoms. The molecule has 0 radical (unpaired) electrons. The van der Waals surface area contributed by atoms with Crippen LogP contribution in [0.4, 0.5) is 13.2 Å². The maximum atomic E-state index is 12.5. The van der Waals surface area contributed by atoms with Gasteiger partial charge in [-0.2, -0.15) is 13.2 Å². The van der Waals surface area contributed by atoms with Gasteiger partial charge in [0.15, 0.2) is 5.96 Å². The molecule has 1 heterocycles. The van der Waals surface area contributed by atoms with Crippen LogP contribution in [0, 0.1) is 0 Å². The highest BCUT2D eigenvalue weighted by Crippen LogP contribution is 2.29. The van der Waals surface area contributed by atoms with Crippen LogP contribution in [-0.2, 0) is 19.1 Å². The average Bonchev–Trinajstić information content (AvgIpc) is 2.53. The minimum Gasteiger partial charge on any atom is -0.370 e. The lowest BCUT2D eigenvalue weighted by Gasteiger charge is -2.07. The molecular weight excluding hydrogens is 432 g/mol. The van der Waals surface area contributed by atoms with Gasteiger partial charge in [0.1, 0.15) is 0 Å². The number of aromatic nitrogens is 1. The van der Waals surface area contributed by atoms with Gasteiger partial charge in [0, 0.05) is 24.9 Å². The van der Waals surface area contributed by atoms with Gasteiger partial charge in [-0.15, -0.1) is 24.0 Å². The van der Waals surface area contributed by atoms with Crippen LogP contribution in [0.3, 0.4) is 0 Å². The van der Waals surface area contributed by atoms with E-state index in [2.05, 4.69) is 15.3 Å². The molecule has 0 amide bonds. The molecule has 4 nitrogen and oxygen atoms in total. The van der Waals surface area contributed by atoms with Gasteiger partial charge in [-0.3, -0.25) is 4.98 Å². The number of nitrogens with two attached hydrogens (primary N) is 1. The summed E-state index contributed by atoms with van der Waals surface area (Å²) in [5, 5.41) is 2.94. The largest absolute Gasteiger partial charge is 0.416 e. The van der Waals surface area contributed by atoms with Crippen molar-refractivity contribution in [3.8, 4) is 0 Å². The smallest absolute Gasteiger partial charge is 0.370 e. The Morgan fingerprint density at radius 1 is 1.12 bits per heavy atom. The molecule has 1 aromatic heterocycles. The first kappa shape index (κ1) is 20.2. The van der Waals surface area contributed by atoms with Crippen molar-refractivity contribution in [2.75, 3.05) is 6.54 Å². The number of halogens is 4. The maximum Gasteiger partial charge on any atom is 0.416 e. The van der Waals surface area contributed by atoms with E-state index < -0.39 is 11.7 Å². The molecule has 0 saturated heterocycles. The highest BCUT2D eigenvalue weighted by molar-refractivity contribution is 14.0. The van der Waals surface area contributed by atoms with Crippen molar-refractivity contribution in [1.82, 2.24) is 10.3 Å². The Kier molecular flexibility index (Phi) is 7.96. The van der Waals surface area contributed by atoms with Gasteiger partial charge < -0.3 is 11.1 Å². The third-order valence-electron chi connectivity index (χ3n) is 3.13. The molecule has 0 bridgehead atoms. The lowest BCUT2D eigenvalue weighted by atomic mass is 10.1. The summed E-state index contributed by atoms with van der Waals surface area (Å²) < 4.78 is 37.4. The Morgan fingerprint density at radius 3 is 2.42 bits per heavy atom. The summed E-state index contributed by atoms with van der Waals surface area (Å²) in [6, 6.07) is 10.5. The summed E-state index contributed by atoms with van der Waals surface area (Å²) in [5.41, 5.74) is 6.65. The van der Waals surface area contributed by atoms with Crippen molar-refractivity contribution in [2.45, 2.75) is 19.1 Å². The molecule has 1 aromatic carbocycles. The van der Waals surface area contributed by atoms with Crippen LogP contribution >= 0.6 is 24.0 Å². The molecule has 0 aliphatic rings. The number of aliphatic imine (C=N–C) groups is 1. The SMILES string of the molecule is I.NC(=NCc1ccc(C(F)(F)F)cc1)NCCc1ccccn1. The van der Waals surface area contributed by atoms with Crippen molar-refractivity contribution in [2.24, 2.45) is 10.7 Å². The number of nitrogens with zero attached hydrogens (tertiary/aromatic N) is 2. The first-order chi connectivity index (χ1) is 10.9. The molecular formula is C16H18F3IN4. The van der Waals surface area contributed by atoms with E-state index in [4.69, 9.17) is 5.73 Å². The topological polar surface area (TPSA) is 63.3 Å². The van der Waals surface area contributed by atoms with Gasteiger partial charge in [-0.1, -0.05) is 18.2 Å². The van der Waals surface area contributed by atoms with Crippen molar-refractivity contribution in [3.05, 3.63) is 65.5 Å².